The van der Waals surface area contributed by atoms with E-state index in [1.54, 1.807) is 30.6 Å². The van der Waals surface area contributed by atoms with Gasteiger partial charge in [0, 0.05) is 21.7 Å². The lowest BCUT2D eigenvalue weighted by molar-refractivity contribution is 0.102. The summed E-state index contributed by atoms with van der Waals surface area (Å²) in [5, 5.41) is 5.01. The van der Waals surface area contributed by atoms with Crippen LogP contribution in [-0.2, 0) is 0 Å². The molecular formula is C20H18BrNO3S. The number of thiophene rings is 1. The maximum absolute atomic E-state index is 12.8. The predicted molar refractivity (Wildman–Crippen MR) is 110 cm³/mol. The Morgan fingerprint density at radius 3 is 2.69 bits per heavy atom. The molecule has 1 heterocycles. The molecule has 2 aromatic carbocycles. The highest BCUT2D eigenvalue weighted by Crippen LogP contribution is 2.37. The van der Waals surface area contributed by atoms with E-state index in [-0.39, 0.29) is 5.91 Å². The van der Waals surface area contributed by atoms with Crippen molar-refractivity contribution in [3.63, 3.8) is 0 Å². The zero-order valence-electron chi connectivity index (χ0n) is 14.4. The number of hydrogen-bond donors (Lipinski definition) is 1. The number of carbonyl (C=O) groups excluding carboxylic acids is 1. The molecule has 0 saturated carbocycles. The minimum Gasteiger partial charge on any atom is -0.493 e. The van der Waals surface area contributed by atoms with Crippen LogP contribution in [0.4, 0.5) is 5.69 Å². The van der Waals surface area contributed by atoms with Crippen LogP contribution in [0.25, 0.3) is 10.4 Å². The summed E-state index contributed by atoms with van der Waals surface area (Å²) in [5.41, 5.74) is 2.25. The van der Waals surface area contributed by atoms with Gasteiger partial charge in [-0.25, -0.2) is 0 Å². The van der Waals surface area contributed by atoms with E-state index in [9.17, 15) is 4.79 Å². The van der Waals surface area contributed by atoms with Gasteiger partial charge in [0.1, 0.15) is 0 Å². The zero-order chi connectivity index (χ0) is 18.5. The van der Waals surface area contributed by atoms with Crippen molar-refractivity contribution in [2.45, 2.75) is 6.92 Å². The summed E-state index contributed by atoms with van der Waals surface area (Å²) < 4.78 is 11.6. The van der Waals surface area contributed by atoms with Crippen LogP contribution in [0.2, 0.25) is 0 Å². The fourth-order valence-corrected chi connectivity index (χ4v) is 3.89. The second kappa shape index (κ2) is 8.38. The molecule has 134 valence electrons. The fraction of sp³-hybridized carbons (Fsp3) is 0.150. The Morgan fingerprint density at radius 1 is 1.19 bits per heavy atom. The molecule has 0 saturated heterocycles. The van der Waals surface area contributed by atoms with Crippen molar-refractivity contribution >= 4 is 38.9 Å². The van der Waals surface area contributed by atoms with Gasteiger partial charge in [-0.15, -0.1) is 11.3 Å². The van der Waals surface area contributed by atoms with E-state index in [1.165, 1.54) is 0 Å². The van der Waals surface area contributed by atoms with Crippen LogP contribution in [0.5, 0.6) is 11.5 Å². The first-order chi connectivity index (χ1) is 12.6. The van der Waals surface area contributed by atoms with Crippen LogP contribution >= 0.6 is 27.3 Å². The van der Waals surface area contributed by atoms with Crippen molar-refractivity contribution in [3.8, 4) is 21.9 Å². The number of carbonyl (C=O) groups is 1. The number of nitrogens with one attached hydrogen (secondary N) is 1. The summed E-state index contributed by atoms with van der Waals surface area (Å²) in [7, 11) is 1.55. The second-order valence-electron chi connectivity index (χ2n) is 5.40. The smallest absolute Gasteiger partial charge is 0.255 e. The van der Waals surface area contributed by atoms with Gasteiger partial charge in [0.05, 0.1) is 18.2 Å². The number of ether oxygens (including phenoxy) is 2. The highest BCUT2D eigenvalue weighted by Gasteiger charge is 2.16. The molecular weight excluding hydrogens is 414 g/mol. The Morgan fingerprint density at radius 2 is 2.00 bits per heavy atom. The van der Waals surface area contributed by atoms with E-state index in [0.29, 0.717) is 28.1 Å². The first kappa shape index (κ1) is 18.5. The zero-order valence-corrected chi connectivity index (χ0v) is 16.8. The van der Waals surface area contributed by atoms with E-state index in [2.05, 4.69) is 21.2 Å². The highest BCUT2D eigenvalue weighted by atomic mass is 79.9. The normalized spacial score (nSPS) is 10.4. The minimum atomic E-state index is -0.212. The fourth-order valence-electron chi connectivity index (χ4n) is 2.57. The SMILES string of the molecule is CCOc1c(Br)cc(C(=O)Nc2ccccc2-c2cccs2)cc1OC. The topological polar surface area (TPSA) is 47.6 Å². The summed E-state index contributed by atoms with van der Waals surface area (Å²) in [4.78, 5) is 13.9. The van der Waals surface area contributed by atoms with Crippen LogP contribution in [0.3, 0.4) is 0 Å². The number of rotatable bonds is 6. The van der Waals surface area contributed by atoms with Gasteiger partial charge >= 0.3 is 0 Å². The number of methoxy groups -OCH3 is 1. The summed E-state index contributed by atoms with van der Waals surface area (Å²) in [5.74, 6) is 0.888. The van der Waals surface area contributed by atoms with Crippen molar-refractivity contribution in [1.29, 1.82) is 0 Å². The van der Waals surface area contributed by atoms with Gasteiger partial charge in [0.15, 0.2) is 11.5 Å². The summed E-state index contributed by atoms with van der Waals surface area (Å²) in [6.45, 7) is 2.41. The van der Waals surface area contributed by atoms with E-state index >= 15 is 0 Å². The Balaban J connectivity index is 1.91. The lowest BCUT2D eigenvalue weighted by Gasteiger charge is -2.14. The molecule has 3 rings (SSSR count). The van der Waals surface area contributed by atoms with E-state index in [1.807, 2.05) is 48.7 Å². The van der Waals surface area contributed by atoms with Crippen LogP contribution < -0.4 is 14.8 Å². The second-order valence-corrected chi connectivity index (χ2v) is 7.20. The lowest BCUT2D eigenvalue weighted by atomic mass is 10.1. The monoisotopic (exact) mass is 431 g/mol. The third-order valence-corrected chi connectivity index (χ3v) is 5.23. The van der Waals surface area contributed by atoms with Crippen LogP contribution in [0.1, 0.15) is 17.3 Å². The number of amides is 1. The van der Waals surface area contributed by atoms with Crippen molar-refractivity contribution in [3.05, 3.63) is 63.9 Å². The molecule has 26 heavy (non-hydrogen) atoms. The predicted octanol–water partition coefficient (Wildman–Crippen LogP) is 5.84. The Labute approximate surface area is 164 Å². The van der Waals surface area contributed by atoms with Crippen molar-refractivity contribution < 1.29 is 14.3 Å². The Kier molecular flexibility index (Phi) is 5.96. The van der Waals surface area contributed by atoms with Gasteiger partial charge in [-0.05, 0) is 52.5 Å². The van der Waals surface area contributed by atoms with Gasteiger partial charge in [-0.1, -0.05) is 24.3 Å². The molecule has 0 radical (unpaired) electrons. The number of benzene rings is 2. The largest absolute Gasteiger partial charge is 0.493 e. The van der Waals surface area contributed by atoms with E-state index in [0.717, 1.165) is 16.1 Å². The van der Waals surface area contributed by atoms with Gasteiger partial charge in [0.25, 0.3) is 5.91 Å². The minimum absolute atomic E-state index is 0.212. The Bertz CT molecular complexity index is 909. The standard InChI is InChI=1S/C20H18BrNO3S/c1-3-25-19-15(21)11-13(12-17(19)24-2)20(23)22-16-8-5-4-7-14(16)18-9-6-10-26-18/h4-12H,3H2,1-2H3,(H,22,23). The molecule has 6 heteroatoms. The molecule has 0 aliphatic carbocycles. The molecule has 0 unspecified atom stereocenters. The van der Waals surface area contributed by atoms with Gasteiger partial charge in [0.2, 0.25) is 0 Å². The molecule has 3 aromatic rings. The van der Waals surface area contributed by atoms with E-state index < -0.39 is 0 Å². The average Bonchev–Trinajstić information content (AvgIpc) is 3.18. The third kappa shape index (κ3) is 3.92. The summed E-state index contributed by atoms with van der Waals surface area (Å²) >= 11 is 5.09. The molecule has 4 nitrogen and oxygen atoms in total. The van der Waals surface area contributed by atoms with Gasteiger partial charge < -0.3 is 14.8 Å². The molecule has 1 aromatic heterocycles. The maximum Gasteiger partial charge on any atom is 0.255 e. The van der Waals surface area contributed by atoms with E-state index in [4.69, 9.17) is 9.47 Å². The number of hydrogen-bond acceptors (Lipinski definition) is 4. The number of halogens is 1. The summed E-state index contributed by atoms with van der Waals surface area (Å²) in [6, 6.07) is 15.2. The average molecular weight is 432 g/mol. The first-order valence-corrected chi connectivity index (χ1v) is 9.76. The van der Waals surface area contributed by atoms with Crippen LogP contribution in [0.15, 0.2) is 58.4 Å². The van der Waals surface area contributed by atoms with Crippen molar-refractivity contribution in [2.75, 3.05) is 19.0 Å². The molecule has 0 aliphatic heterocycles. The molecule has 0 fully saturated rings. The first-order valence-electron chi connectivity index (χ1n) is 8.08. The number of anilines is 1. The van der Waals surface area contributed by atoms with Crippen LogP contribution in [0, 0.1) is 0 Å². The molecule has 1 amide bonds. The van der Waals surface area contributed by atoms with Gasteiger partial charge in [-0.2, -0.15) is 0 Å². The maximum atomic E-state index is 12.8. The van der Waals surface area contributed by atoms with Crippen molar-refractivity contribution in [2.24, 2.45) is 0 Å². The van der Waals surface area contributed by atoms with Crippen molar-refractivity contribution in [1.82, 2.24) is 0 Å². The number of para-hydroxylation sites is 1. The lowest BCUT2D eigenvalue weighted by Crippen LogP contribution is -2.13. The van der Waals surface area contributed by atoms with Gasteiger partial charge in [-0.3, -0.25) is 4.79 Å². The third-order valence-electron chi connectivity index (χ3n) is 3.74. The molecule has 0 spiro atoms. The summed E-state index contributed by atoms with van der Waals surface area (Å²) in [6.07, 6.45) is 0. The van der Waals surface area contributed by atoms with Crippen LogP contribution in [-0.4, -0.2) is 19.6 Å². The molecule has 0 bridgehead atoms. The molecule has 1 N–H and O–H groups in total. The quantitative estimate of drug-likeness (QED) is 0.533. The molecule has 0 atom stereocenters. The highest BCUT2D eigenvalue weighted by molar-refractivity contribution is 9.10. The molecule has 0 aliphatic rings. The Hall–Kier alpha value is -2.31.